The van der Waals surface area contributed by atoms with Gasteiger partial charge in [-0.15, -0.1) is 24.0 Å². The third-order valence-electron chi connectivity index (χ3n) is 5.42. The van der Waals surface area contributed by atoms with E-state index in [2.05, 4.69) is 15.2 Å². The molecule has 27 heavy (non-hydrogen) atoms. The number of nitrogens with one attached hydrogen (secondary N) is 1. The highest BCUT2D eigenvalue weighted by molar-refractivity contribution is 14.0. The Labute approximate surface area is 178 Å². The summed E-state index contributed by atoms with van der Waals surface area (Å²) in [4.78, 5) is 34.2. The molecule has 0 aromatic rings. The number of fused-ring (bicyclic) bond motifs is 1. The Bertz CT molecular complexity index is 551. The number of rotatable bonds is 4. The lowest BCUT2D eigenvalue weighted by Crippen LogP contribution is -2.56. The van der Waals surface area contributed by atoms with Crippen LogP contribution < -0.4 is 5.32 Å². The van der Waals surface area contributed by atoms with Crippen LogP contribution in [-0.2, 0) is 14.3 Å². The molecule has 3 aliphatic rings. The van der Waals surface area contributed by atoms with Crippen molar-refractivity contribution in [3.05, 3.63) is 0 Å². The first-order valence-corrected chi connectivity index (χ1v) is 9.69. The third kappa shape index (κ3) is 5.94. The third-order valence-corrected chi connectivity index (χ3v) is 5.42. The molecule has 0 saturated carbocycles. The molecule has 0 spiro atoms. The van der Waals surface area contributed by atoms with Gasteiger partial charge in [0.25, 0.3) is 0 Å². The molecule has 154 valence electrons. The first-order valence-electron chi connectivity index (χ1n) is 9.69. The van der Waals surface area contributed by atoms with E-state index in [1.54, 1.807) is 19.0 Å². The molecule has 3 heterocycles. The lowest BCUT2D eigenvalue weighted by Gasteiger charge is -2.39. The lowest BCUT2D eigenvalue weighted by molar-refractivity contribution is -0.130. The molecule has 3 saturated heterocycles. The van der Waals surface area contributed by atoms with Crippen LogP contribution in [0.5, 0.6) is 0 Å². The van der Waals surface area contributed by atoms with Crippen LogP contribution in [0.25, 0.3) is 0 Å². The minimum absolute atomic E-state index is 0. The minimum Gasteiger partial charge on any atom is -0.376 e. The van der Waals surface area contributed by atoms with Crippen LogP contribution in [0.1, 0.15) is 32.1 Å². The number of nitrogens with zero attached hydrogens (tertiary/aromatic N) is 4. The predicted molar refractivity (Wildman–Crippen MR) is 114 cm³/mol. The maximum absolute atomic E-state index is 12.0. The molecular formula is C18H32IN5O3. The molecule has 0 aliphatic carbocycles. The van der Waals surface area contributed by atoms with Gasteiger partial charge in [-0.3, -0.25) is 9.59 Å². The largest absolute Gasteiger partial charge is 0.376 e. The van der Waals surface area contributed by atoms with Crippen LogP contribution in [0, 0.1) is 0 Å². The van der Waals surface area contributed by atoms with E-state index < -0.39 is 0 Å². The van der Waals surface area contributed by atoms with E-state index in [1.807, 2.05) is 4.90 Å². The van der Waals surface area contributed by atoms with Crippen LogP contribution in [0.4, 0.5) is 0 Å². The van der Waals surface area contributed by atoms with Gasteiger partial charge in [-0.2, -0.15) is 0 Å². The van der Waals surface area contributed by atoms with Gasteiger partial charge >= 0.3 is 0 Å². The Kier molecular flexibility index (Phi) is 8.59. The number of halogens is 1. The summed E-state index contributed by atoms with van der Waals surface area (Å²) in [6, 6.07) is 0.263. The van der Waals surface area contributed by atoms with Crippen LogP contribution in [0.3, 0.4) is 0 Å². The summed E-state index contributed by atoms with van der Waals surface area (Å²) < 4.78 is 5.80. The molecule has 3 aliphatic heterocycles. The molecule has 0 bridgehead atoms. The molecule has 8 nitrogen and oxygen atoms in total. The Morgan fingerprint density at radius 2 is 2.11 bits per heavy atom. The standard InChI is InChI=1S/C18H31N5O3.HI/c1-21(2)17(25)12-20-18(19-11-15-5-3-4-10-26-15)22-8-9-23-14(13-22)6-7-16(23)24;/h14-15H,3-13H2,1-2H3,(H,19,20);1H. The average molecular weight is 493 g/mol. The molecule has 0 radical (unpaired) electrons. The normalized spacial score (nSPS) is 25.7. The van der Waals surface area contributed by atoms with Crippen molar-refractivity contribution in [1.29, 1.82) is 0 Å². The van der Waals surface area contributed by atoms with Gasteiger partial charge in [0.15, 0.2) is 5.96 Å². The second-order valence-electron chi connectivity index (χ2n) is 7.52. The Balaban J connectivity index is 0.00000261. The molecule has 9 heteroatoms. The first-order chi connectivity index (χ1) is 12.5. The zero-order chi connectivity index (χ0) is 18.5. The molecule has 0 aromatic heterocycles. The van der Waals surface area contributed by atoms with Gasteiger partial charge in [-0.05, 0) is 25.7 Å². The fourth-order valence-corrected chi connectivity index (χ4v) is 3.78. The van der Waals surface area contributed by atoms with Crippen molar-refractivity contribution in [3.63, 3.8) is 0 Å². The molecule has 0 aromatic carbocycles. The second kappa shape index (κ2) is 10.4. The van der Waals surface area contributed by atoms with Crippen molar-refractivity contribution in [2.24, 2.45) is 4.99 Å². The summed E-state index contributed by atoms with van der Waals surface area (Å²) in [6.07, 6.45) is 5.14. The molecule has 3 fully saturated rings. The molecule has 2 unspecified atom stereocenters. The maximum atomic E-state index is 12.0. The minimum atomic E-state index is -0.0205. The van der Waals surface area contributed by atoms with Crippen LogP contribution in [0.15, 0.2) is 4.99 Å². The van der Waals surface area contributed by atoms with Gasteiger partial charge in [0, 0.05) is 59.3 Å². The Hall–Kier alpha value is -1.10. The highest BCUT2D eigenvalue weighted by atomic mass is 127. The van der Waals surface area contributed by atoms with E-state index in [0.29, 0.717) is 13.0 Å². The van der Waals surface area contributed by atoms with Gasteiger partial charge < -0.3 is 24.8 Å². The number of carbonyl (C=O) groups is 2. The predicted octanol–water partition coefficient (Wildman–Crippen LogP) is 0.514. The first kappa shape index (κ1) is 22.2. The Morgan fingerprint density at radius 3 is 2.81 bits per heavy atom. The number of hydrogen-bond acceptors (Lipinski definition) is 4. The molecule has 1 N–H and O–H groups in total. The van der Waals surface area contributed by atoms with E-state index in [4.69, 9.17) is 4.74 Å². The number of amides is 2. The van der Waals surface area contributed by atoms with Crippen molar-refractivity contribution in [2.45, 2.75) is 44.2 Å². The SMILES string of the molecule is CN(C)C(=O)CN=C(NCC1CCCCO1)N1CCN2C(=O)CCC2C1.I. The van der Waals surface area contributed by atoms with E-state index >= 15 is 0 Å². The monoisotopic (exact) mass is 493 g/mol. The number of guanidine groups is 1. The highest BCUT2D eigenvalue weighted by Gasteiger charge is 2.36. The average Bonchev–Trinajstić information content (AvgIpc) is 3.02. The number of likely N-dealkylation sites (N-methyl/N-ethyl adjacent to an activating group) is 1. The summed E-state index contributed by atoms with van der Waals surface area (Å²) >= 11 is 0. The summed E-state index contributed by atoms with van der Waals surface area (Å²) in [6.45, 7) is 3.91. The summed E-state index contributed by atoms with van der Waals surface area (Å²) in [7, 11) is 3.48. The van der Waals surface area contributed by atoms with E-state index in [1.165, 1.54) is 6.42 Å². The van der Waals surface area contributed by atoms with Crippen molar-refractivity contribution in [2.75, 3.05) is 53.4 Å². The number of piperazine rings is 1. The number of aliphatic imine (C=N–C) groups is 1. The van der Waals surface area contributed by atoms with Crippen LogP contribution in [-0.4, -0.2) is 98.0 Å². The van der Waals surface area contributed by atoms with Crippen molar-refractivity contribution in [1.82, 2.24) is 20.0 Å². The second-order valence-corrected chi connectivity index (χ2v) is 7.52. The van der Waals surface area contributed by atoms with Gasteiger partial charge in [0.05, 0.1) is 6.10 Å². The van der Waals surface area contributed by atoms with Crippen LogP contribution in [0.2, 0.25) is 0 Å². The lowest BCUT2D eigenvalue weighted by atomic mass is 10.1. The maximum Gasteiger partial charge on any atom is 0.243 e. The summed E-state index contributed by atoms with van der Waals surface area (Å²) in [5.41, 5.74) is 0. The highest BCUT2D eigenvalue weighted by Crippen LogP contribution is 2.23. The fourth-order valence-electron chi connectivity index (χ4n) is 3.78. The topological polar surface area (TPSA) is 77.5 Å². The number of ether oxygens (including phenoxy) is 1. The van der Waals surface area contributed by atoms with Crippen molar-refractivity contribution >= 4 is 41.8 Å². The summed E-state index contributed by atoms with van der Waals surface area (Å²) in [5.74, 6) is 1.00. The van der Waals surface area contributed by atoms with Gasteiger partial charge in [-0.1, -0.05) is 0 Å². The van der Waals surface area contributed by atoms with E-state index in [9.17, 15) is 9.59 Å². The molecule has 2 atom stereocenters. The van der Waals surface area contributed by atoms with Gasteiger partial charge in [0.1, 0.15) is 6.54 Å². The zero-order valence-electron chi connectivity index (χ0n) is 16.4. The van der Waals surface area contributed by atoms with E-state index in [-0.39, 0.29) is 54.5 Å². The quantitative estimate of drug-likeness (QED) is 0.351. The van der Waals surface area contributed by atoms with Gasteiger partial charge in [0.2, 0.25) is 11.8 Å². The molecular weight excluding hydrogens is 461 g/mol. The summed E-state index contributed by atoms with van der Waals surface area (Å²) in [5, 5.41) is 3.42. The number of carbonyl (C=O) groups excluding carboxylic acids is 2. The van der Waals surface area contributed by atoms with E-state index in [0.717, 1.165) is 51.5 Å². The smallest absolute Gasteiger partial charge is 0.243 e. The Morgan fingerprint density at radius 1 is 1.30 bits per heavy atom. The molecule has 3 rings (SSSR count). The zero-order valence-corrected chi connectivity index (χ0v) is 18.7. The van der Waals surface area contributed by atoms with Crippen LogP contribution >= 0.6 is 24.0 Å². The number of hydrogen-bond donors (Lipinski definition) is 1. The van der Waals surface area contributed by atoms with Gasteiger partial charge in [-0.25, -0.2) is 4.99 Å². The van der Waals surface area contributed by atoms with Crippen molar-refractivity contribution in [3.8, 4) is 0 Å². The van der Waals surface area contributed by atoms with Crippen molar-refractivity contribution < 1.29 is 14.3 Å². The fraction of sp³-hybridized carbons (Fsp3) is 0.833. The molecule has 2 amide bonds.